The molecule has 0 saturated carbocycles. The van der Waals surface area contributed by atoms with Gasteiger partial charge in [-0.1, -0.05) is 13.0 Å². The number of allylic oxidation sites excluding steroid dienone is 1. The third-order valence-electron chi connectivity index (χ3n) is 2.45. The van der Waals surface area contributed by atoms with Gasteiger partial charge < -0.3 is 23.1 Å². The van der Waals surface area contributed by atoms with E-state index in [-0.39, 0.29) is 31.7 Å². The molecular formula is C12H24O6Si. The molecule has 0 rings (SSSR count). The summed E-state index contributed by atoms with van der Waals surface area (Å²) in [6.07, 6.45) is 2.99. The van der Waals surface area contributed by atoms with Crippen LogP contribution >= 0.6 is 0 Å². The topological polar surface area (TPSA) is 74.2 Å². The van der Waals surface area contributed by atoms with Crippen LogP contribution in [0.5, 0.6) is 0 Å². The van der Waals surface area contributed by atoms with Crippen molar-refractivity contribution < 1.29 is 27.9 Å². The monoisotopic (exact) mass is 292 g/mol. The lowest BCUT2D eigenvalue weighted by Crippen LogP contribution is -2.46. The van der Waals surface area contributed by atoms with Gasteiger partial charge in [-0.2, -0.15) is 0 Å². The Morgan fingerprint density at radius 3 is 2.47 bits per heavy atom. The van der Waals surface area contributed by atoms with Gasteiger partial charge in [-0.15, -0.1) is 0 Å². The Bertz CT molecular complexity index is 277. The summed E-state index contributed by atoms with van der Waals surface area (Å²) in [5.74, 6) is -0.327. The second kappa shape index (κ2) is 10.1. The Morgan fingerprint density at radius 2 is 2.00 bits per heavy atom. The van der Waals surface area contributed by atoms with Crippen LogP contribution in [0.1, 0.15) is 13.8 Å². The Balaban J connectivity index is 4.30. The number of aliphatic hydroxyl groups excluding tert-OH is 1. The Labute approximate surface area is 115 Å². The molecule has 0 aliphatic rings. The molecule has 7 heteroatoms. The van der Waals surface area contributed by atoms with Gasteiger partial charge in [-0.3, -0.25) is 0 Å². The first-order valence-corrected chi connectivity index (χ1v) is 8.11. The number of carbonyl (C=O) groups excluding carboxylic acids is 1. The van der Waals surface area contributed by atoms with Gasteiger partial charge in [0.1, 0.15) is 0 Å². The number of esters is 1. The normalized spacial score (nSPS) is 13.7. The molecule has 0 heterocycles. The van der Waals surface area contributed by atoms with E-state index in [9.17, 15) is 4.79 Å². The highest BCUT2D eigenvalue weighted by atomic mass is 28.4. The van der Waals surface area contributed by atoms with Gasteiger partial charge in [0, 0.05) is 26.3 Å². The molecule has 6 nitrogen and oxygen atoms in total. The quantitative estimate of drug-likeness (QED) is 0.367. The number of hydrogen-bond acceptors (Lipinski definition) is 6. The molecule has 0 spiro atoms. The third-order valence-corrected chi connectivity index (χ3v) is 5.53. The number of hydrogen-bond donors (Lipinski definition) is 1. The van der Waals surface area contributed by atoms with Crippen molar-refractivity contribution in [3.63, 3.8) is 0 Å². The summed E-state index contributed by atoms with van der Waals surface area (Å²) in [5.41, 5.74) is 0. The second-order valence-electron chi connectivity index (χ2n) is 4.10. The minimum atomic E-state index is -2.79. The summed E-state index contributed by atoms with van der Waals surface area (Å²) in [6.45, 7) is 4.02. The van der Waals surface area contributed by atoms with Crippen LogP contribution in [-0.4, -0.2) is 53.9 Å². The summed E-state index contributed by atoms with van der Waals surface area (Å²) in [6, 6.07) is 0.517. The molecular weight excluding hydrogens is 268 g/mol. The molecule has 1 atom stereocenters. The van der Waals surface area contributed by atoms with Crippen molar-refractivity contribution in [2.24, 2.45) is 5.92 Å². The lowest BCUT2D eigenvalue weighted by Gasteiger charge is -2.28. The van der Waals surface area contributed by atoms with Crippen LogP contribution in [0, 0.1) is 5.92 Å². The molecule has 19 heavy (non-hydrogen) atoms. The van der Waals surface area contributed by atoms with E-state index in [1.807, 2.05) is 6.92 Å². The average molecular weight is 292 g/mol. The molecule has 0 aromatic rings. The highest BCUT2D eigenvalue weighted by molar-refractivity contribution is 6.60. The van der Waals surface area contributed by atoms with Gasteiger partial charge in [0.2, 0.25) is 0 Å². The second-order valence-corrected chi connectivity index (χ2v) is 6.98. The fourth-order valence-corrected chi connectivity index (χ4v) is 3.75. The minimum Gasteiger partial charge on any atom is -0.462 e. The first kappa shape index (κ1) is 18.3. The van der Waals surface area contributed by atoms with E-state index in [0.717, 1.165) is 0 Å². The molecule has 0 radical (unpaired) electrons. The fourth-order valence-electron chi connectivity index (χ4n) is 1.52. The van der Waals surface area contributed by atoms with Crippen LogP contribution in [0.3, 0.4) is 0 Å². The van der Waals surface area contributed by atoms with E-state index in [0.29, 0.717) is 6.04 Å². The molecule has 1 unspecified atom stereocenters. The van der Waals surface area contributed by atoms with Gasteiger partial charge >= 0.3 is 14.8 Å². The van der Waals surface area contributed by atoms with Crippen LogP contribution in [0.15, 0.2) is 12.2 Å². The average Bonchev–Trinajstić information content (AvgIpc) is 2.41. The molecule has 0 fully saturated rings. The van der Waals surface area contributed by atoms with Crippen molar-refractivity contribution in [2.45, 2.75) is 19.9 Å². The summed E-state index contributed by atoms with van der Waals surface area (Å²) < 4.78 is 21.2. The predicted octanol–water partition coefficient (Wildman–Crippen LogP) is 0.982. The van der Waals surface area contributed by atoms with Gasteiger partial charge in [-0.25, -0.2) is 4.79 Å². The van der Waals surface area contributed by atoms with E-state index in [1.54, 1.807) is 13.0 Å². The zero-order valence-corrected chi connectivity index (χ0v) is 13.0. The summed E-state index contributed by atoms with van der Waals surface area (Å²) in [7, 11) is 0.252. The van der Waals surface area contributed by atoms with Crippen LogP contribution in [-0.2, 0) is 22.8 Å². The van der Waals surface area contributed by atoms with Crippen molar-refractivity contribution >= 4 is 14.8 Å². The summed E-state index contributed by atoms with van der Waals surface area (Å²) in [5, 5.41) is 8.80. The molecule has 0 bridgehead atoms. The molecule has 0 aliphatic carbocycles. The van der Waals surface area contributed by atoms with Crippen molar-refractivity contribution in [1.82, 2.24) is 0 Å². The molecule has 0 aromatic carbocycles. The van der Waals surface area contributed by atoms with Gasteiger partial charge in [0.25, 0.3) is 0 Å². The predicted molar refractivity (Wildman–Crippen MR) is 72.6 cm³/mol. The van der Waals surface area contributed by atoms with E-state index in [1.165, 1.54) is 20.3 Å². The van der Waals surface area contributed by atoms with E-state index < -0.39 is 8.80 Å². The number of ether oxygens (including phenoxy) is 1. The maximum absolute atomic E-state index is 11.2. The Kier molecular flexibility index (Phi) is 9.71. The third kappa shape index (κ3) is 7.43. The standard InChI is InChI=1S/C12H24O6Si/c1-5-6-12(14)17-9-11(2)10-19(15-3,16-4)18-8-7-13/h5-6,11,13H,7-10H2,1-4H3. The Morgan fingerprint density at radius 1 is 1.37 bits per heavy atom. The zero-order chi connectivity index (χ0) is 14.7. The highest BCUT2D eigenvalue weighted by Crippen LogP contribution is 2.20. The molecule has 112 valence electrons. The lowest BCUT2D eigenvalue weighted by molar-refractivity contribution is -0.138. The van der Waals surface area contributed by atoms with Gasteiger partial charge in [0.15, 0.2) is 0 Å². The fraction of sp³-hybridized carbons (Fsp3) is 0.750. The molecule has 0 aromatic heterocycles. The SMILES string of the molecule is CC=CC(=O)OCC(C)C[Si](OC)(OC)OCCO. The molecule has 1 N–H and O–H groups in total. The highest BCUT2D eigenvalue weighted by Gasteiger charge is 2.40. The van der Waals surface area contributed by atoms with Crippen molar-refractivity contribution in [3.8, 4) is 0 Å². The number of rotatable bonds is 10. The largest absolute Gasteiger partial charge is 0.500 e. The first-order chi connectivity index (χ1) is 9.03. The van der Waals surface area contributed by atoms with Gasteiger partial charge in [-0.05, 0) is 12.8 Å². The van der Waals surface area contributed by atoms with Crippen molar-refractivity contribution in [1.29, 1.82) is 0 Å². The molecule has 0 saturated heterocycles. The van der Waals surface area contributed by atoms with Gasteiger partial charge in [0.05, 0.1) is 19.8 Å². The Hall–Kier alpha value is -0.733. The lowest BCUT2D eigenvalue weighted by atomic mass is 10.2. The maximum Gasteiger partial charge on any atom is 0.500 e. The van der Waals surface area contributed by atoms with Crippen LogP contribution in [0.2, 0.25) is 6.04 Å². The molecule has 0 amide bonds. The summed E-state index contributed by atoms with van der Waals surface area (Å²) >= 11 is 0. The van der Waals surface area contributed by atoms with Crippen LogP contribution in [0.25, 0.3) is 0 Å². The smallest absolute Gasteiger partial charge is 0.462 e. The maximum atomic E-state index is 11.2. The summed E-state index contributed by atoms with van der Waals surface area (Å²) in [4.78, 5) is 11.2. The zero-order valence-electron chi connectivity index (χ0n) is 12.0. The van der Waals surface area contributed by atoms with Crippen molar-refractivity contribution in [3.05, 3.63) is 12.2 Å². The van der Waals surface area contributed by atoms with E-state index in [4.69, 9.17) is 23.1 Å². The van der Waals surface area contributed by atoms with Crippen LogP contribution < -0.4 is 0 Å². The minimum absolute atomic E-state index is 0.0412. The van der Waals surface area contributed by atoms with E-state index >= 15 is 0 Å². The molecule has 0 aliphatic heterocycles. The number of aliphatic hydroxyl groups is 1. The van der Waals surface area contributed by atoms with Crippen molar-refractivity contribution in [2.75, 3.05) is 34.0 Å². The number of carbonyl (C=O) groups is 1. The first-order valence-electron chi connectivity index (χ1n) is 6.18. The van der Waals surface area contributed by atoms with E-state index in [2.05, 4.69) is 0 Å². The van der Waals surface area contributed by atoms with Crippen LogP contribution in [0.4, 0.5) is 0 Å².